The van der Waals surface area contributed by atoms with Crippen molar-refractivity contribution < 1.29 is 18.7 Å². The number of furan rings is 1. The molecule has 0 bridgehead atoms. The number of hydrogen-bond donors (Lipinski definition) is 1. The van der Waals surface area contributed by atoms with Crippen molar-refractivity contribution in [1.29, 1.82) is 0 Å². The number of benzene rings is 2. The van der Waals surface area contributed by atoms with Gasteiger partial charge in [-0.05, 0) is 19.1 Å². The Morgan fingerprint density at radius 1 is 1.27 bits per heavy atom. The molecule has 0 saturated carbocycles. The number of ether oxygens (including phenoxy) is 2. The Balaban J connectivity index is 1.57. The minimum Gasteiger partial charge on any atom is -0.495 e. The Morgan fingerprint density at radius 3 is 2.92 bits per heavy atom. The fourth-order valence-electron chi connectivity index (χ4n) is 3.39. The van der Waals surface area contributed by atoms with Crippen LogP contribution in [0.2, 0.25) is 0 Å². The van der Waals surface area contributed by atoms with E-state index < -0.39 is 0 Å². The number of amides is 1. The molecule has 1 aromatic heterocycles. The first-order valence-electron chi connectivity index (χ1n) is 8.78. The van der Waals surface area contributed by atoms with Crippen molar-refractivity contribution in [2.45, 2.75) is 13.0 Å². The summed E-state index contributed by atoms with van der Waals surface area (Å²) in [6.07, 6.45) is 0.0779. The lowest BCUT2D eigenvalue weighted by Crippen LogP contribution is -2.46. The molecule has 136 valence electrons. The van der Waals surface area contributed by atoms with Gasteiger partial charge in [-0.3, -0.25) is 4.79 Å². The van der Waals surface area contributed by atoms with Crippen molar-refractivity contribution in [2.24, 2.45) is 0 Å². The highest BCUT2D eigenvalue weighted by atomic mass is 16.5. The first-order valence-corrected chi connectivity index (χ1v) is 8.78. The normalized spacial score (nSPS) is 17.6. The number of rotatable bonds is 4. The average Bonchev–Trinajstić information content (AvgIpc) is 3.02. The van der Waals surface area contributed by atoms with Crippen LogP contribution in [0.15, 0.2) is 40.8 Å². The van der Waals surface area contributed by atoms with Gasteiger partial charge >= 0.3 is 0 Å². The van der Waals surface area contributed by atoms with E-state index in [0.29, 0.717) is 25.4 Å². The monoisotopic (exact) mass is 354 g/mol. The van der Waals surface area contributed by atoms with Gasteiger partial charge in [0.05, 0.1) is 32.1 Å². The molecule has 0 aliphatic carbocycles. The first-order chi connectivity index (χ1) is 12.7. The average molecular weight is 354 g/mol. The van der Waals surface area contributed by atoms with Gasteiger partial charge in [0.25, 0.3) is 0 Å². The van der Waals surface area contributed by atoms with Gasteiger partial charge in [-0.25, -0.2) is 0 Å². The maximum Gasteiger partial charge on any atom is 0.242 e. The Morgan fingerprint density at radius 2 is 2.12 bits per heavy atom. The second-order valence-electron chi connectivity index (χ2n) is 6.52. The standard InChI is InChI=1S/C20H22N2O4/c1-13-12-22(7-8-25-13)20(23)11-21-16-10-18-15(9-19(16)24-2)14-5-3-4-6-17(14)26-18/h3-6,9-10,13,21H,7-8,11-12H2,1-2H3/t13-/m1/s1. The van der Waals surface area contributed by atoms with Crippen LogP contribution < -0.4 is 10.1 Å². The van der Waals surface area contributed by atoms with E-state index >= 15 is 0 Å². The molecule has 1 amide bonds. The maximum absolute atomic E-state index is 12.5. The van der Waals surface area contributed by atoms with E-state index in [-0.39, 0.29) is 18.6 Å². The molecule has 1 saturated heterocycles. The van der Waals surface area contributed by atoms with Gasteiger partial charge in [-0.2, -0.15) is 0 Å². The summed E-state index contributed by atoms with van der Waals surface area (Å²) in [5.74, 6) is 0.735. The van der Waals surface area contributed by atoms with Gasteiger partial charge in [0.1, 0.15) is 16.9 Å². The van der Waals surface area contributed by atoms with Crippen LogP contribution in [0.5, 0.6) is 5.75 Å². The van der Waals surface area contributed by atoms with Crippen LogP contribution in [0.4, 0.5) is 5.69 Å². The Bertz CT molecular complexity index is 950. The van der Waals surface area contributed by atoms with Crippen LogP contribution >= 0.6 is 0 Å². The smallest absolute Gasteiger partial charge is 0.242 e. The summed E-state index contributed by atoms with van der Waals surface area (Å²) in [6, 6.07) is 11.7. The summed E-state index contributed by atoms with van der Waals surface area (Å²) < 4.78 is 16.9. The second kappa shape index (κ2) is 6.88. The van der Waals surface area contributed by atoms with Gasteiger partial charge in [-0.1, -0.05) is 18.2 Å². The number of morpholine rings is 1. The summed E-state index contributed by atoms with van der Waals surface area (Å²) in [7, 11) is 1.63. The summed E-state index contributed by atoms with van der Waals surface area (Å²) in [5.41, 5.74) is 2.34. The zero-order valence-corrected chi connectivity index (χ0v) is 15.0. The lowest BCUT2D eigenvalue weighted by atomic mass is 10.1. The second-order valence-corrected chi connectivity index (χ2v) is 6.52. The molecule has 6 nitrogen and oxygen atoms in total. The number of carbonyl (C=O) groups excluding carboxylic acids is 1. The molecule has 1 N–H and O–H groups in total. The van der Waals surface area contributed by atoms with Crippen LogP contribution in [0, 0.1) is 0 Å². The SMILES string of the molecule is COc1cc2c(cc1NCC(=O)N1CCO[C@H](C)C1)oc1ccccc12. The molecule has 1 atom stereocenters. The number of anilines is 1. The quantitative estimate of drug-likeness (QED) is 0.779. The number of nitrogens with zero attached hydrogens (tertiary/aromatic N) is 1. The van der Waals surface area contributed by atoms with Gasteiger partial charge < -0.3 is 24.1 Å². The number of fused-ring (bicyclic) bond motifs is 3. The van der Waals surface area contributed by atoms with Crippen molar-refractivity contribution in [3.8, 4) is 5.75 Å². The number of para-hydroxylation sites is 1. The molecule has 2 heterocycles. The zero-order valence-electron chi connectivity index (χ0n) is 15.0. The Hall–Kier alpha value is -2.73. The van der Waals surface area contributed by atoms with Crippen LogP contribution in [0.1, 0.15) is 6.92 Å². The van der Waals surface area contributed by atoms with E-state index in [1.807, 2.05) is 48.2 Å². The lowest BCUT2D eigenvalue weighted by Gasteiger charge is -2.31. The molecule has 0 unspecified atom stereocenters. The molecule has 3 aromatic rings. The molecule has 2 aromatic carbocycles. The van der Waals surface area contributed by atoms with Crippen LogP contribution in [0.3, 0.4) is 0 Å². The highest BCUT2D eigenvalue weighted by molar-refractivity contribution is 6.06. The van der Waals surface area contributed by atoms with Crippen molar-refractivity contribution in [3.63, 3.8) is 0 Å². The molecule has 6 heteroatoms. The zero-order chi connectivity index (χ0) is 18.1. The third kappa shape index (κ3) is 3.08. The summed E-state index contributed by atoms with van der Waals surface area (Å²) in [5, 5.41) is 5.24. The van der Waals surface area contributed by atoms with E-state index in [1.165, 1.54) is 0 Å². The Labute approximate surface area is 151 Å². The van der Waals surface area contributed by atoms with Gasteiger partial charge in [0, 0.05) is 29.9 Å². The van der Waals surface area contributed by atoms with Gasteiger partial charge in [0.15, 0.2) is 0 Å². The molecule has 1 fully saturated rings. The van der Waals surface area contributed by atoms with Crippen molar-refractivity contribution >= 4 is 33.5 Å². The van der Waals surface area contributed by atoms with Crippen molar-refractivity contribution in [3.05, 3.63) is 36.4 Å². The molecular formula is C20H22N2O4. The van der Waals surface area contributed by atoms with Gasteiger partial charge in [-0.15, -0.1) is 0 Å². The lowest BCUT2D eigenvalue weighted by molar-refractivity contribution is -0.136. The molecule has 1 aliphatic rings. The predicted molar refractivity (Wildman–Crippen MR) is 101 cm³/mol. The summed E-state index contributed by atoms with van der Waals surface area (Å²) in [4.78, 5) is 14.3. The largest absolute Gasteiger partial charge is 0.495 e. The highest BCUT2D eigenvalue weighted by Crippen LogP contribution is 2.36. The molecule has 4 rings (SSSR count). The van der Waals surface area contributed by atoms with E-state index in [0.717, 1.165) is 27.6 Å². The minimum atomic E-state index is 0.0481. The maximum atomic E-state index is 12.5. The summed E-state index contributed by atoms with van der Waals surface area (Å²) in [6.45, 7) is 4.02. The molecule has 1 aliphatic heterocycles. The molecular weight excluding hydrogens is 332 g/mol. The fourth-order valence-corrected chi connectivity index (χ4v) is 3.39. The fraction of sp³-hybridized carbons (Fsp3) is 0.350. The number of nitrogens with one attached hydrogen (secondary N) is 1. The minimum absolute atomic E-state index is 0.0481. The van der Waals surface area contributed by atoms with Crippen molar-refractivity contribution in [2.75, 3.05) is 38.7 Å². The predicted octanol–water partition coefficient (Wildman–Crippen LogP) is 3.25. The highest BCUT2D eigenvalue weighted by Gasteiger charge is 2.21. The van der Waals surface area contributed by atoms with E-state index in [2.05, 4.69) is 5.32 Å². The molecule has 0 radical (unpaired) electrons. The van der Waals surface area contributed by atoms with Crippen LogP contribution in [0.25, 0.3) is 21.9 Å². The molecule has 26 heavy (non-hydrogen) atoms. The van der Waals surface area contributed by atoms with E-state index in [4.69, 9.17) is 13.9 Å². The number of hydrogen-bond acceptors (Lipinski definition) is 5. The van der Waals surface area contributed by atoms with Gasteiger partial charge in [0.2, 0.25) is 5.91 Å². The van der Waals surface area contributed by atoms with E-state index in [9.17, 15) is 4.79 Å². The van der Waals surface area contributed by atoms with Crippen molar-refractivity contribution in [1.82, 2.24) is 4.90 Å². The van der Waals surface area contributed by atoms with Crippen LogP contribution in [-0.4, -0.2) is 50.3 Å². The Kier molecular flexibility index (Phi) is 4.42. The van der Waals surface area contributed by atoms with Crippen LogP contribution in [-0.2, 0) is 9.53 Å². The third-order valence-corrected chi connectivity index (χ3v) is 4.72. The number of carbonyl (C=O) groups is 1. The molecule has 0 spiro atoms. The number of methoxy groups -OCH3 is 1. The van der Waals surface area contributed by atoms with E-state index in [1.54, 1.807) is 7.11 Å². The topological polar surface area (TPSA) is 63.9 Å². The first kappa shape index (κ1) is 16.7. The summed E-state index contributed by atoms with van der Waals surface area (Å²) >= 11 is 0. The third-order valence-electron chi connectivity index (χ3n) is 4.72.